The van der Waals surface area contributed by atoms with Crippen molar-refractivity contribution in [3.63, 3.8) is 0 Å². The highest BCUT2D eigenvalue weighted by Crippen LogP contribution is 2.13. The normalized spacial score (nSPS) is 9.93. The lowest BCUT2D eigenvalue weighted by atomic mass is 10.2. The van der Waals surface area contributed by atoms with E-state index in [1.807, 2.05) is 48.5 Å². The summed E-state index contributed by atoms with van der Waals surface area (Å²) < 4.78 is 5.57. The highest BCUT2D eigenvalue weighted by molar-refractivity contribution is 6.30. The second-order valence-electron chi connectivity index (χ2n) is 3.15. The number of hydrogen-bond donors (Lipinski definition) is 0. The molecule has 0 N–H and O–H groups in total. The third-order valence-electron chi connectivity index (χ3n) is 2.01. The fourth-order valence-electron chi connectivity index (χ4n) is 1.22. The van der Waals surface area contributed by atoms with Gasteiger partial charge in [-0.25, -0.2) is 0 Å². The summed E-state index contributed by atoms with van der Waals surface area (Å²) in [6.07, 6.45) is 0. The molecule has 2 aromatic carbocycles. The molecule has 0 heterocycles. The smallest absolute Gasteiger partial charge is 0.119 e. The average molecular weight is 218 g/mol. The van der Waals surface area contributed by atoms with Gasteiger partial charge in [-0.3, -0.25) is 0 Å². The van der Waals surface area contributed by atoms with Gasteiger partial charge in [-0.1, -0.05) is 35.9 Å². The van der Waals surface area contributed by atoms with Crippen LogP contribution in [0.1, 0.15) is 5.56 Å². The second-order valence-corrected chi connectivity index (χ2v) is 3.59. The quantitative estimate of drug-likeness (QED) is 0.762. The fraction of sp³-hybridized carbons (Fsp3) is 0.0769. The molecule has 0 atom stereocenters. The first-order valence-corrected chi connectivity index (χ1v) is 5.06. The molecule has 2 heteroatoms. The van der Waals surface area contributed by atoms with E-state index in [-0.39, 0.29) is 0 Å². The number of hydrogen-bond acceptors (Lipinski definition) is 1. The van der Waals surface area contributed by atoms with Crippen LogP contribution in [0.15, 0.2) is 48.5 Å². The lowest BCUT2D eigenvalue weighted by molar-refractivity contribution is 0.306. The van der Waals surface area contributed by atoms with Crippen molar-refractivity contribution in [3.8, 4) is 5.75 Å². The maximum absolute atomic E-state index is 5.78. The highest BCUT2D eigenvalue weighted by Gasteiger charge is 1.94. The van der Waals surface area contributed by atoms with E-state index in [2.05, 4.69) is 6.07 Å². The summed E-state index contributed by atoms with van der Waals surface area (Å²) in [5, 5.41) is 0.744. The van der Waals surface area contributed by atoms with Crippen molar-refractivity contribution in [3.05, 3.63) is 65.2 Å². The Morgan fingerprint density at radius 2 is 1.67 bits per heavy atom. The van der Waals surface area contributed by atoms with E-state index in [0.717, 1.165) is 16.3 Å². The average Bonchev–Trinajstić information content (AvgIpc) is 2.30. The van der Waals surface area contributed by atoms with Gasteiger partial charge in [0.15, 0.2) is 0 Å². The van der Waals surface area contributed by atoms with Gasteiger partial charge in [0.1, 0.15) is 12.4 Å². The highest BCUT2D eigenvalue weighted by atomic mass is 35.5. The third-order valence-corrected chi connectivity index (χ3v) is 2.26. The number of benzene rings is 2. The molecule has 0 aliphatic heterocycles. The van der Waals surface area contributed by atoms with Crippen molar-refractivity contribution < 1.29 is 4.74 Å². The van der Waals surface area contributed by atoms with Crippen LogP contribution in [0, 0.1) is 6.07 Å². The van der Waals surface area contributed by atoms with E-state index in [1.54, 1.807) is 0 Å². The van der Waals surface area contributed by atoms with Gasteiger partial charge in [0, 0.05) is 5.02 Å². The topological polar surface area (TPSA) is 9.23 Å². The molecule has 2 aromatic rings. The predicted molar refractivity (Wildman–Crippen MR) is 61.1 cm³/mol. The van der Waals surface area contributed by atoms with Gasteiger partial charge in [0.2, 0.25) is 0 Å². The van der Waals surface area contributed by atoms with Crippen LogP contribution in [-0.4, -0.2) is 0 Å². The van der Waals surface area contributed by atoms with Crippen molar-refractivity contribution in [2.24, 2.45) is 0 Å². The summed E-state index contributed by atoms with van der Waals surface area (Å²) in [6, 6.07) is 18.0. The third kappa shape index (κ3) is 3.00. The molecular formula is C13H10ClO. The Hall–Kier alpha value is -1.47. The minimum absolute atomic E-state index is 0.557. The maximum Gasteiger partial charge on any atom is 0.119 e. The molecule has 15 heavy (non-hydrogen) atoms. The van der Waals surface area contributed by atoms with Crippen LogP contribution in [0.3, 0.4) is 0 Å². The Kier molecular flexibility index (Phi) is 3.25. The van der Waals surface area contributed by atoms with Crippen LogP contribution >= 0.6 is 11.6 Å². The van der Waals surface area contributed by atoms with Crippen LogP contribution in [0.4, 0.5) is 0 Å². The molecule has 0 fully saturated rings. The Bertz CT molecular complexity index is 408. The van der Waals surface area contributed by atoms with Crippen LogP contribution < -0.4 is 4.74 Å². The van der Waals surface area contributed by atoms with Gasteiger partial charge in [-0.2, -0.15) is 0 Å². The molecule has 0 amide bonds. The molecule has 0 saturated carbocycles. The van der Waals surface area contributed by atoms with Crippen LogP contribution in [0.2, 0.25) is 5.02 Å². The number of ether oxygens (including phenoxy) is 1. The first-order chi connectivity index (χ1) is 7.34. The Balaban J connectivity index is 1.96. The molecule has 0 aromatic heterocycles. The minimum atomic E-state index is 0.557. The van der Waals surface area contributed by atoms with E-state index in [4.69, 9.17) is 16.3 Å². The largest absolute Gasteiger partial charge is 0.489 e. The lowest BCUT2D eigenvalue weighted by Gasteiger charge is -2.05. The molecule has 0 aliphatic carbocycles. The summed E-state index contributed by atoms with van der Waals surface area (Å²) >= 11 is 5.78. The molecule has 1 radical (unpaired) electrons. The SMILES string of the molecule is Clc1ccc(COc2cc[c]cc2)cc1. The molecule has 0 saturated heterocycles. The fourth-order valence-corrected chi connectivity index (χ4v) is 1.34. The molecule has 2 rings (SSSR count). The van der Waals surface area contributed by atoms with Crippen molar-refractivity contribution in [1.29, 1.82) is 0 Å². The van der Waals surface area contributed by atoms with Crippen LogP contribution in [-0.2, 0) is 6.61 Å². The second kappa shape index (κ2) is 4.85. The Morgan fingerprint density at radius 1 is 1.00 bits per heavy atom. The maximum atomic E-state index is 5.78. The Labute approximate surface area is 94.3 Å². The molecular weight excluding hydrogens is 208 g/mol. The number of halogens is 1. The van der Waals surface area contributed by atoms with Crippen LogP contribution in [0.25, 0.3) is 0 Å². The van der Waals surface area contributed by atoms with E-state index < -0.39 is 0 Å². The summed E-state index contributed by atoms with van der Waals surface area (Å²) in [7, 11) is 0. The van der Waals surface area contributed by atoms with E-state index in [1.165, 1.54) is 0 Å². The zero-order valence-electron chi connectivity index (χ0n) is 8.11. The van der Waals surface area contributed by atoms with Gasteiger partial charge in [-0.05, 0) is 35.9 Å². The number of rotatable bonds is 3. The molecule has 0 spiro atoms. The summed E-state index contributed by atoms with van der Waals surface area (Å²) in [6.45, 7) is 0.557. The van der Waals surface area contributed by atoms with Crippen molar-refractivity contribution in [1.82, 2.24) is 0 Å². The van der Waals surface area contributed by atoms with Gasteiger partial charge in [0.25, 0.3) is 0 Å². The molecule has 0 aliphatic rings. The minimum Gasteiger partial charge on any atom is -0.489 e. The van der Waals surface area contributed by atoms with E-state index >= 15 is 0 Å². The zero-order chi connectivity index (χ0) is 10.5. The van der Waals surface area contributed by atoms with Gasteiger partial charge in [-0.15, -0.1) is 0 Å². The molecule has 0 bridgehead atoms. The predicted octanol–water partition coefficient (Wildman–Crippen LogP) is 3.72. The van der Waals surface area contributed by atoms with Crippen LogP contribution in [0.5, 0.6) is 5.75 Å². The summed E-state index contributed by atoms with van der Waals surface area (Å²) in [5.74, 6) is 0.851. The molecule has 75 valence electrons. The van der Waals surface area contributed by atoms with E-state index in [0.29, 0.717) is 6.61 Å². The first kappa shape index (κ1) is 10.1. The standard InChI is InChI=1S/C13H10ClO/c14-12-8-6-11(7-9-12)10-15-13-4-2-1-3-5-13/h2-9H,10H2. The van der Waals surface area contributed by atoms with Crippen molar-refractivity contribution >= 4 is 11.6 Å². The summed E-state index contributed by atoms with van der Waals surface area (Å²) in [4.78, 5) is 0. The van der Waals surface area contributed by atoms with Crippen molar-refractivity contribution in [2.75, 3.05) is 0 Å². The first-order valence-electron chi connectivity index (χ1n) is 4.68. The zero-order valence-corrected chi connectivity index (χ0v) is 8.87. The Morgan fingerprint density at radius 3 is 2.33 bits per heavy atom. The lowest BCUT2D eigenvalue weighted by Crippen LogP contribution is -1.94. The van der Waals surface area contributed by atoms with Gasteiger partial charge in [0.05, 0.1) is 0 Å². The van der Waals surface area contributed by atoms with E-state index in [9.17, 15) is 0 Å². The monoisotopic (exact) mass is 217 g/mol. The van der Waals surface area contributed by atoms with Gasteiger partial charge < -0.3 is 4.74 Å². The molecule has 0 unspecified atom stereocenters. The van der Waals surface area contributed by atoms with Gasteiger partial charge >= 0.3 is 0 Å². The molecule has 1 nitrogen and oxygen atoms in total. The van der Waals surface area contributed by atoms with Crippen molar-refractivity contribution in [2.45, 2.75) is 6.61 Å². The summed E-state index contributed by atoms with van der Waals surface area (Å²) in [5.41, 5.74) is 1.10.